The van der Waals surface area contributed by atoms with E-state index in [2.05, 4.69) is 23.2 Å². The predicted molar refractivity (Wildman–Crippen MR) is 120 cm³/mol. The molecule has 1 fully saturated rings. The summed E-state index contributed by atoms with van der Waals surface area (Å²) in [5.74, 6) is -0.254. The second kappa shape index (κ2) is 8.96. The average Bonchev–Trinajstić information content (AvgIpc) is 3.24. The number of morpholine rings is 1. The normalized spacial score (nSPS) is 18.4. The van der Waals surface area contributed by atoms with Crippen LogP contribution in [0.2, 0.25) is 0 Å². The van der Waals surface area contributed by atoms with Crippen LogP contribution in [0.1, 0.15) is 21.8 Å². The van der Waals surface area contributed by atoms with Crippen molar-refractivity contribution >= 4 is 11.8 Å². The van der Waals surface area contributed by atoms with Gasteiger partial charge < -0.3 is 19.0 Å². The van der Waals surface area contributed by atoms with E-state index in [4.69, 9.17) is 9.15 Å². The molecule has 4 rings (SSSR count). The maximum atomic E-state index is 13.3. The van der Waals surface area contributed by atoms with E-state index in [-0.39, 0.29) is 30.7 Å². The number of amides is 2. The Morgan fingerprint density at radius 2 is 1.84 bits per heavy atom. The van der Waals surface area contributed by atoms with Gasteiger partial charge in [0.25, 0.3) is 11.8 Å². The summed E-state index contributed by atoms with van der Waals surface area (Å²) in [6.07, 6.45) is 1.61. The van der Waals surface area contributed by atoms with Gasteiger partial charge in [0.1, 0.15) is 0 Å². The first-order valence-electron chi connectivity index (χ1n) is 10.6. The highest BCUT2D eigenvalue weighted by Gasteiger charge is 2.46. The molecule has 0 radical (unpaired) electrons. The third-order valence-corrected chi connectivity index (χ3v) is 5.73. The van der Waals surface area contributed by atoms with Crippen LogP contribution >= 0.6 is 0 Å². The number of hydrogen-bond acceptors (Lipinski definition) is 5. The van der Waals surface area contributed by atoms with Gasteiger partial charge in [0.15, 0.2) is 12.0 Å². The maximum Gasteiger partial charge on any atom is 0.291 e. The van der Waals surface area contributed by atoms with Crippen LogP contribution in [0.3, 0.4) is 0 Å². The zero-order chi connectivity index (χ0) is 22.7. The third kappa shape index (κ3) is 4.29. The van der Waals surface area contributed by atoms with E-state index in [9.17, 15) is 9.59 Å². The van der Waals surface area contributed by atoms with Crippen LogP contribution in [0.5, 0.6) is 0 Å². The van der Waals surface area contributed by atoms with E-state index in [0.717, 1.165) is 16.7 Å². The van der Waals surface area contributed by atoms with Crippen LogP contribution < -0.4 is 0 Å². The van der Waals surface area contributed by atoms with Crippen molar-refractivity contribution in [3.8, 4) is 11.1 Å². The lowest BCUT2D eigenvalue weighted by Gasteiger charge is -2.42. The molecule has 2 aromatic carbocycles. The monoisotopic (exact) mass is 433 g/mol. The van der Waals surface area contributed by atoms with Crippen LogP contribution in [-0.2, 0) is 16.0 Å². The Labute approximate surface area is 187 Å². The van der Waals surface area contributed by atoms with Crippen LogP contribution in [-0.4, -0.2) is 66.0 Å². The number of aromatic nitrogens is 1. The topological polar surface area (TPSA) is 75.9 Å². The summed E-state index contributed by atoms with van der Waals surface area (Å²) in [4.78, 5) is 33.6. The van der Waals surface area contributed by atoms with Gasteiger partial charge >= 0.3 is 0 Å². The van der Waals surface area contributed by atoms with E-state index in [0.29, 0.717) is 18.7 Å². The van der Waals surface area contributed by atoms with Crippen molar-refractivity contribution < 1.29 is 18.7 Å². The number of rotatable bonds is 5. The number of aryl methyl sites for hydroxylation is 1. The van der Waals surface area contributed by atoms with Gasteiger partial charge in [0, 0.05) is 27.1 Å². The number of nitrogens with zero attached hydrogens (tertiary/aromatic N) is 3. The van der Waals surface area contributed by atoms with Gasteiger partial charge in [-0.2, -0.15) is 0 Å². The van der Waals surface area contributed by atoms with Gasteiger partial charge in [-0.3, -0.25) is 9.59 Å². The zero-order valence-corrected chi connectivity index (χ0v) is 18.6. The Bertz CT molecular complexity index is 1110. The third-order valence-electron chi connectivity index (χ3n) is 5.73. The molecule has 1 aliphatic heterocycles. The summed E-state index contributed by atoms with van der Waals surface area (Å²) in [7, 11) is 3.41. The van der Waals surface area contributed by atoms with E-state index in [1.807, 2.05) is 36.4 Å². The number of carbonyl (C=O) groups is 2. The van der Waals surface area contributed by atoms with E-state index in [1.54, 1.807) is 25.9 Å². The quantitative estimate of drug-likeness (QED) is 0.618. The molecule has 2 heterocycles. The summed E-state index contributed by atoms with van der Waals surface area (Å²) >= 11 is 0. The van der Waals surface area contributed by atoms with Crippen molar-refractivity contribution in [2.24, 2.45) is 0 Å². The second-order valence-corrected chi connectivity index (χ2v) is 8.28. The minimum Gasteiger partial charge on any atom is -0.438 e. The molecule has 0 bridgehead atoms. The molecule has 0 aliphatic carbocycles. The number of ether oxygens (including phenoxy) is 1. The van der Waals surface area contributed by atoms with Crippen molar-refractivity contribution in [3.05, 3.63) is 78.0 Å². The van der Waals surface area contributed by atoms with Gasteiger partial charge in [-0.05, 0) is 23.6 Å². The fourth-order valence-corrected chi connectivity index (χ4v) is 4.15. The summed E-state index contributed by atoms with van der Waals surface area (Å²) in [5.41, 5.74) is 2.48. The molecule has 2 amide bonds. The van der Waals surface area contributed by atoms with E-state index >= 15 is 0 Å². The molecule has 166 valence electrons. The molecular weight excluding hydrogens is 406 g/mol. The molecule has 0 unspecified atom stereocenters. The largest absolute Gasteiger partial charge is 0.438 e. The molecule has 7 heteroatoms. The van der Waals surface area contributed by atoms with Crippen molar-refractivity contribution in [2.45, 2.75) is 18.9 Å². The maximum absolute atomic E-state index is 13.3. The van der Waals surface area contributed by atoms with Crippen molar-refractivity contribution in [1.29, 1.82) is 0 Å². The summed E-state index contributed by atoms with van der Waals surface area (Å²) in [6, 6.07) is 18.2. The van der Waals surface area contributed by atoms with Gasteiger partial charge in [0.2, 0.25) is 5.76 Å². The number of likely N-dealkylation sites (N-methyl/N-ethyl adjacent to an activating group) is 1. The molecule has 1 saturated heterocycles. The summed E-state index contributed by atoms with van der Waals surface area (Å²) in [6.45, 7) is 2.51. The van der Waals surface area contributed by atoms with Crippen LogP contribution in [0.15, 0.2) is 65.4 Å². The Morgan fingerprint density at radius 1 is 1.09 bits per heavy atom. The Hall–Kier alpha value is -3.45. The van der Waals surface area contributed by atoms with Gasteiger partial charge in [-0.15, -0.1) is 0 Å². The first-order valence-corrected chi connectivity index (χ1v) is 10.6. The SMILES string of the molecule is Cc1ncoc1C(=O)N1CCO[C@](Cc2cccc(-c3ccccc3)c2)(C(=O)N(C)C)C1. The summed E-state index contributed by atoms with van der Waals surface area (Å²) < 4.78 is 11.4. The number of benzene rings is 2. The van der Waals surface area contributed by atoms with E-state index in [1.165, 1.54) is 11.3 Å². The standard InChI is InChI=1S/C25H27N3O4/c1-18-22(31-17-26-18)23(29)28-12-13-32-25(16-28,24(30)27(2)3)15-19-8-7-11-21(14-19)20-9-5-4-6-10-20/h4-11,14,17H,12-13,15-16H2,1-3H3/t25-/m0/s1. The van der Waals surface area contributed by atoms with Crippen LogP contribution in [0, 0.1) is 6.92 Å². The molecule has 0 N–H and O–H groups in total. The molecule has 1 aliphatic rings. The number of carbonyl (C=O) groups excluding carboxylic acids is 2. The average molecular weight is 434 g/mol. The van der Waals surface area contributed by atoms with Crippen molar-refractivity contribution in [3.63, 3.8) is 0 Å². The highest BCUT2D eigenvalue weighted by molar-refractivity contribution is 5.94. The molecule has 0 saturated carbocycles. The smallest absolute Gasteiger partial charge is 0.291 e. The van der Waals surface area contributed by atoms with Gasteiger partial charge in [-0.25, -0.2) is 4.98 Å². The molecular formula is C25H27N3O4. The van der Waals surface area contributed by atoms with Crippen LogP contribution in [0.4, 0.5) is 0 Å². The molecule has 32 heavy (non-hydrogen) atoms. The van der Waals surface area contributed by atoms with Crippen molar-refractivity contribution in [2.75, 3.05) is 33.8 Å². The first kappa shape index (κ1) is 21.8. The second-order valence-electron chi connectivity index (χ2n) is 8.28. The van der Waals surface area contributed by atoms with Crippen LogP contribution in [0.25, 0.3) is 11.1 Å². The number of oxazole rings is 1. The lowest BCUT2D eigenvalue weighted by molar-refractivity contribution is -0.165. The highest BCUT2D eigenvalue weighted by Crippen LogP contribution is 2.29. The molecule has 7 nitrogen and oxygen atoms in total. The van der Waals surface area contributed by atoms with E-state index < -0.39 is 5.60 Å². The molecule has 1 aromatic heterocycles. The van der Waals surface area contributed by atoms with Gasteiger partial charge in [-0.1, -0.05) is 54.6 Å². The Kier molecular flexibility index (Phi) is 6.10. The van der Waals surface area contributed by atoms with Crippen molar-refractivity contribution in [1.82, 2.24) is 14.8 Å². The zero-order valence-electron chi connectivity index (χ0n) is 18.6. The molecule has 1 atom stereocenters. The fourth-order valence-electron chi connectivity index (χ4n) is 4.15. The Morgan fingerprint density at radius 3 is 2.53 bits per heavy atom. The number of hydrogen-bond donors (Lipinski definition) is 0. The van der Waals surface area contributed by atoms with Gasteiger partial charge in [0.05, 0.1) is 18.8 Å². The summed E-state index contributed by atoms with van der Waals surface area (Å²) in [5, 5.41) is 0. The minimum atomic E-state index is -1.18. The molecule has 0 spiro atoms. The predicted octanol–water partition coefficient (Wildman–Crippen LogP) is 3.19. The molecule has 3 aromatic rings. The lowest BCUT2D eigenvalue weighted by atomic mass is 9.89. The first-order chi connectivity index (χ1) is 15.4. The fraction of sp³-hybridized carbons (Fsp3) is 0.320. The lowest BCUT2D eigenvalue weighted by Crippen LogP contribution is -2.61. The Balaban J connectivity index is 1.65. The minimum absolute atomic E-state index is 0.137. The highest BCUT2D eigenvalue weighted by atomic mass is 16.5.